The van der Waals surface area contributed by atoms with E-state index in [0.29, 0.717) is 12.0 Å². The molecule has 1 N–H and O–H groups in total. The van der Waals surface area contributed by atoms with Crippen LogP contribution in [0.1, 0.15) is 59.8 Å². The normalized spacial score (nSPS) is 14.5. The summed E-state index contributed by atoms with van der Waals surface area (Å²) >= 11 is 0. The zero-order valence-electron chi connectivity index (χ0n) is 9.77. The first-order chi connectivity index (χ1) is 6.02. The van der Waals surface area contributed by atoms with Gasteiger partial charge in [0, 0.05) is 6.61 Å². The van der Waals surface area contributed by atoms with Crippen LogP contribution in [0.3, 0.4) is 0 Å². The van der Waals surface area contributed by atoms with Crippen molar-refractivity contribution in [3.8, 4) is 0 Å². The molecule has 0 aliphatic rings. The van der Waals surface area contributed by atoms with E-state index in [0.717, 1.165) is 12.3 Å². The summed E-state index contributed by atoms with van der Waals surface area (Å²) in [6, 6.07) is 0. The average molecular weight is 186 g/mol. The first-order valence-corrected chi connectivity index (χ1v) is 5.62. The summed E-state index contributed by atoms with van der Waals surface area (Å²) in [4.78, 5) is 0. The minimum Gasteiger partial charge on any atom is -0.396 e. The number of aliphatic hydroxyl groups excluding tert-OH is 1. The van der Waals surface area contributed by atoms with E-state index in [1.165, 1.54) is 25.7 Å². The molecule has 0 heterocycles. The molecule has 0 bridgehead atoms. The van der Waals surface area contributed by atoms with E-state index < -0.39 is 0 Å². The molecular formula is C12H26O. The van der Waals surface area contributed by atoms with Gasteiger partial charge < -0.3 is 5.11 Å². The number of rotatable bonds is 7. The quantitative estimate of drug-likeness (QED) is 0.644. The van der Waals surface area contributed by atoms with E-state index in [2.05, 4.69) is 27.7 Å². The van der Waals surface area contributed by atoms with Crippen LogP contribution in [0.2, 0.25) is 0 Å². The van der Waals surface area contributed by atoms with Crippen LogP contribution in [0.15, 0.2) is 0 Å². The van der Waals surface area contributed by atoms with E-state index in [4.69, 9.17) is 5.11 Å². The van der Waals surface area contributed by atoms with Gasteiger partial charge in [-0.2, -0.15) is 0 Å². The van der Waals surface area contributed by atoms with Crippen molar-refractivity contribution >= 4 is 0 Å². The van der Waals surface area contributed by atoms with E-state index in [9.17, 15) is 0 Å². The first-order valence-electron chi connectivity index (χ1n) is 5.62. The molecule has 0 aromatic carbocycles. The molecule has 0 rings (SSSR count). The third-order valence-corrected chi connectivity index (χ3v) is 2.68. The highest BCUT2D eigenvalue weighted by Crippen LogP contribution is 2.31. The molecule has 0 spiro atoms. The molecule has 0 aliphatic carbocycles. The molecule has 80 valence electrons. The summed E-state index contributed by atoms with van der Waals surface area (Å²) < 4.78 is 0. The lowest BCUT2D eigenvalue weighted by molar-refractivity contribution is 0.225. The van der Waals surface area contributed by atoms with Crippen LogP contribution in [0.5, 0.6) is 0 Å². The zero-order chi connectivity index (χ0) is 10.3. The van der Waals surface area contributed by atoms with E-state index in [-0.39, 0.29) is 0 Å². The van der Waals surface area contributed by atoms with Crippen LogP contribution >= 0.6 is 0 Å². The van der Waals surface area contributed by atoms with Crippen molar-refractivity contribution in [1.82, 2.24) is 0 Å². The maximum absolute atomic E-state index is 8.72. The molecule has 1 nitrogen and oxygen atoms in total. The van der Waals surface area contributed by atoms with Crippen molar-refractivity contribution in [1.29, 1.82) is 0 Å². The average Bonchev–Trinajstić information content (AvgIpc) is 1.99. The fourth-order valence-electron chi connectivity index (χ4n) is 2.26. The summed E-state index contributed by atoms with van der Waals surface area (Å²) in [7, 11) is 0. The van der Waals surface area contributed by atoms with Crippen molar-refractivity contribution in [3.05, 3.63) is 0 Å². The first kappa shape index (κ1) is 13.0. The Labute approximate surface area is 83.5 Å². The van der Waals surface area contributed by atoms with Gasteiger partial charge in [0.1, 0.15) is 0 Å². The van der Waals surface area contributed by atoms with Crippen LogP contribution in [-0.4, -0.2) is 11.7 Å². The third-order valence-electron chi connectivity index (χ3n) is 2.68. The minimum absolute atomic E-state index is 0.346. The van der Waals surface area contributed by atoms with Gasteiger partial charge in [0.25, 0.3) is 0 Å². The van der Waals surface area contributed by atoms with Gasteiger partial charge in [0.2, 0.25) is 0 Å². The second kappa shape index (κ2) is 6.42. The molecule has 1 atom stereocenters. The van der Waals surface area contributed by atoms with Crippen molar-refractivity contribution in [2.45, 2.75) is 59.8 Å². The Bertz CT molecular complexity index is 118. The van der Waals surface area contributed by atoms with Gasteiger partial charge in [0.05, 0.1) is 0 Å². The van der Waals surface area contributed by atoms with Gasteiger partial charge in [-0.1, -0.05) is 34.1 Å². The van der Waals surface area contributed by atoms with Crippen LogP contribution in [-0.2, 0) is 0 Å². The van der Waals surface area contributed by atoms with Crippen LogP contribution in [0.25, 0.3) is 0 Å². The molecular weight excluding hydrogens is 160 g/mol. The monoisotopic (exact) mass is 186 g/mol. The summed E-state index contributed by atoms with van der Waals surface area (Å²) in [6.07, 6.45) is 6.02. The number of hydrogen-bond acceptors (Lipinski definition) is 1. The number of hydrogen-bond donors (Lipinski definition) is 1. The molecule has 0 aromatic heterocycles. The molecule has 0 saturated carbocycles. The molecule has 1 heteroatoms. The Kier molecular flexibility index (Phi) is 6.40. The fraction of sp³-hybridized carbons (Fsp3) is 1.00. The molecule has 1 unspecified atom stereocenters. The highest BCUT2D eigenvalue weighted by atomic mass is 16.2. The van der Waals surface area contributed by atoms with E-state index >= 15 is 0 Å². The second-order valence-corrected chi connectivity index (χ2v) is 5.09. The highest BCUT2D eigenvalue weighted by Gasteiger charge is 2.19. The summed E-state index contributed by atoms with van der Waals surface area (Å²) in [5.74, 6) is 0.758. The second-order valence-electron chi connectivity index (χ2n) is 5.09. The topological polar surface area (TPSA) is 20.2 Å². The van der Waals surface area contributed by atoms with E-state index in [1.54, 1.807) is 0 Å². The maximum Gasteiger partial charge on any atom is 0.0431 e. The predicted octanol–water partition coefficient (Wildman–Crippen LogP) is 3.61. The molecule has 0 radical (unpaired) electrons. The molecule has 0 amide bonds. The summed E-state index contributed by atoms with van der Waals surface area (Å²) in [5, 5.41) is 8.72. The molecule has 0 aliphatic heterocycles. The van der Waals surface area contributed by atoms with Gasteiger partial charge in [-0.3, -0.25) is 0 Å². The molecule has 13 heavy (non-hydrogen) atoms. The zero-order valence-corrected chi connectivity index (χ0v) is 9.77. The SMILES string of the molecule is CCCC(C)(C)CC(C)CCCO. The Balaban J connectivity index is 3.68. The van der Waals surface area contributed by atoms with Gasteiger partial charge in [-0.05, 0) is 37.0 Å². The standard InChI is InChI=1S/C12H26O/c1-5-8-12(3,4)10-11(2)7-6-9-13/h11,13H,5-10H2,1-4H3. The van der Waals surface area contributed by atoms with Gasteiger partial charge in [-0.15, -0.1) is 0 Å². The smallest absolute Gasteiger partial charge is 0.0431 e. The van der Waals surface area contributed by atoms with Crippen molar-refractivity contribution < 1.29 is 5.11 Å². The fourth-order valence-corrected chi connectivity index (χ4v) is 2.26. The Morgan fingerprint density at radius 3 is 2.38 bits per heavy atom. The van der Waals surface area contributed by atoms with E-state index in [1.807, 2.05) is 0 Å². The van der Waals surface area contributed by atoms with Crippen LogP contribution in [0.4, 0.5) is 0 Å². The Morgan fingerprint density at radius 1 is 1.31 bits per heavy atom. The largest absolute Gasteiger partial charge is 0.396 e. The predicted molar refractivity (Wildman–Crippen MR) is 58.8 cm³/mol. The van der Waals surface area contributed by atoms with Crippen molar-refractivity contribution in [2.24, 2.45) is 11.3 Å². The summed E-state index contributed by atoms with van der Waals surface area (Å²) in [5.41, 5.74) is 0.490. The minimum atomic E-state index is 0.346. The van der Waals surface area contributed by atoms with Gasteiger partial charge in [-0.25, -0.2) is 0 Å². The van der Waals surface area contributed by atoms with Gasteiger partial charge >= 0.3 is 0 Å². The summed E-state index contributed by atoms with van der Waals surface area (Å²) in [6.45, 7) is 9.60. The molecule has 0 aromatic rings. The number of aliphatic hydroxyl groups is 1. The van der Waals surface area contributed by atoms with Crippen molar-refractivity contribution in [2.75, 3.05) is 6.61 Å². The Morgan fingerprint density at radius 2 is 1.92 bits per heavy atom. The van der Waals surface area contributed by atoms with Crippen molar-refractivity contribution in [3.63, 3.8) is 0 Å². The lowest BCUT2D eigenvalue weighted by Gasteiger charge is -2.27. The van der Waals surface area contributed by atoms with Crippen LogP contribution < -0.4 is 0 Å². The third kappa shape index (κ3) is 7.06. The van der Waals surface area contributed by atoms with Gasteiger partial charge in [0.15, 0.2) is 0 Å². The maximum atomic E-state index is 8.72. The Hall–Kier alpha value is -0.0400. The molecule has 0 fully saturated rings. The lowest BCUT2D eigenvalue weighted by atomic mass is 9.79. The molecule has 0 saturated heterocycles. The lowest BCUT2D eigenvalue weighted by Crippen LogP contribution is -2.15. The van der Waals surface area contributed by atoms with Crippen LogP contribution in [0, 0.1) is 11.3 Å². The highest BCUT2D eigenvalue weighted by molar-refractivity contribution is 4.71.